The summed E-state index contributed by atoms with van der Waals surface area (Å²) in [7, 11) is 0. The summed E-state index contributed by atoms with van der Waals surface area (Å²) >= 11 is 0. The van der Waals surface area contributed by atoms with Crippen LogP contribution in [0.25, 0.3) is 11.1 Å². The standard InChI is InChI=1S/C28H32N2O5/c1-17-14-30(16-28(17,2)26(32)33)25(31)24(13-18-11-12-18)29-27(34)35-15-23-21-9-5-3-7-19(21)20-8-4-6-10-22(20)23/h3-10,17-18,23-24H,11-16H2,1-2H3,(H,29,34)(H,32,33)/t17-,24?,28-/m0/s1. The molecule has 7 nitrogen and oxygen atoms in total. The fourth-order valence-electron chi connectivity index (χ4n) is 5.51. The van der Waals surface area contributed by atoms with E-state index in [1.807, 2.05) is 31.2 Å². The summed E-state index contributed by atoms with van der Waals surface area (Å²) in [6, 6.07) is 15.6. The van der Waals surface area contributed by atoms with Gasteiger partial charge in [-0.1, -0.05) is 68.3 Å². The highest BCUT2D eigenvalue weighted by Crippen LogP contribution is 2.44. The minimum absolute atomic E-state index is 0.0542. The number of benzene rings is 2. The average Bonchev–Trinajstić information content (AvgIpc) is 3.53. The number of alkyl carbamates (subject to hydrolysis) is 1. The molecule has 2 aromatic rings. The first-order valence-electron chi connectivity index (χ1n) is 12.4. The van der Waals surface area contributed by atoms with Crippen LogP contribution in [0.4, 0.5) is 4.79 Å². The van der Waals surface area contributed by atoms with Crippen molar-refractivity contribution in [2.75, 3.05) is 19.7 Å². The summed E-state index contributed by atoms with van der Waals surface area (Å²) in [6.45, 7) is 4.24. The van der Waals surface area contributed by atoms with Crippen molar-refractivity contribution in [1.29, 1.82) is 0 Å². The van der Waals surface area contributed by atoms with Gasteiger partial charge in [-0.25, -0.2) is 4.79 Å². The van der Waals surface area contributed by atoms with Gasteiger partial charge < -0.3 is 20.1 Å². The van der Waals surface area contributed by atoms with E-state index in [9.17, 15) is 19.5 Å². The quantitative estimate of drug-likeness (QED) is 0.622. The number of aliphatic carboxylic acids is 1. The monoisotopic (exact) mass is 476 g/mol. The number of carbonyl (C=O) groups is 3. The third kappa shape index (κ3) is 4.40. The lowest BCUT2D eigenvalue weighted by Crippen LogP contribution is -2.49. The van der Waals surface area contributed by atoms with Crippen molar-refractivity contribution in [3.8, 4) is 11.1 Å². The highest BCUT2D eigenvalue weighted by atomic mass is 16.5. The minimum atomic E-state index is -0.983. The molecular formula is C28H32N2O5. The molecule has 0 radical (unpaired) electrons. The molecule has 0 aromatic heterocycles. The number of hydrogen-bond acceptors (Lipinski definition) is 4. The Balaban J connectivity index is 1.26. The van der Waals surface area contributed by atoms with Crippen LogP contribution >= 0.6 is 0 Å². The van der Waals surface area contributed by atoms with Gasteiger partial charge in [0.1, 0.15) is 12.6 Å². The lowest BCUT2D eigenvalue weighted by molar-refractivity contribution is -0.149. The molecule has 1 saturated heterocycles. The lowest BCUT2D eigenvalue weighted by Gasteiger charge is -2.26. The van der Waals surface area contributed by atoms with Crippen molar-refractivity contribution in [2.45, 2.75) is 45.1 Å². The van der Waals surface area contributed by atoms with E-state index in [-0.39, 0.29) is 30.9 Å². The molecule has 1 unspecified atom stereocenters. The number of likely N-dealkylation sites (tertiary alicyclic amines) is 1. The molecule has 1 heterocycles. The Bertz CT molecular complexity index is 1110. The zero-order valence-corrected chi connectivity index (χ0v) is 20.2. The van der Waals surface area contributed by atoms with Gasteiger partial charge in [-0.05, 0) is 47.4 Å². The summed E-state index contributed by atoms with van der Waals surface area (Å²) in [6.07, 6.45) is 2.02. The van der Waals surface area contributed by atoms with Crippen molar-refractivity contribution in [3.05, 3.63) is 59.7 Å². The summed E-state index contributed by atoms with van der Waals surface area (Å²) in [4.78, 5) is 39.6. The van der Waals surface area contributed by atoms with E-state index in [0.717, 1.165) is 35.1 Å². The summed E-state index contributed by atoms with van der Waals surface area (Å²) in [5, 5.41) is 12.5. The predicted octanol–water partition coefficient (Wildman–Crippen LogP) is 4.26. The fourth-order valence-corrected chi connectivity index (χ4v) is 5.51. The van der Waals surface area contributed by atoms with Gasteiger partial charge in [-0.3, -0.25) is 9.59 Å². The Morgan fingerprint density at radius 2 is 1.69 bits per heavy atom. The Kier molecular flexibility index (Phi) is 6.03. The second-order valence-corrected chi connectivity index (χ2v) is 10.5. The molecule has 3 aliphatic rings. The molecule has 7 heteroatoms. The fraction of sp³-hybridized carbons (Fsp3) is 0.464. The molecule has 2 fully saturated rings. The van der Waals surface area contributed by atoms with Crippen LogP contribution < -0.4 is 5.32 Å². The van der Waals surface area contributed by atoms with Crippen LogP contribution in [0.2, 0.25) is 0 Å². The molecule has 35 heavy (non-hydrogen) atoms. The second kappa shape index (κ2) is 9.02. The van der Waals surface area contributed by atoms with Crippen molar-refractivity contribution in [2.24, 2.45) is 17.3 Å². The normalized spacial score (nSPS) is 23.9. The first kappa shape index (κ1) is 23.4. The molecular weight excluding hydrogens is 444 g/mol. The number of fused-ring (bicyclic) bond motifs is 3. The first-order valence-corrected chi connectivity index (χ1v) is 12.4. The Hall–Kier alpha value is -3.35. The first-order chi connectivity index (χ1) is 16.8. The number of carboxylic acid groups (broad SMARTS) is 1. The number of rotatable bonds is 7. The smallest absolute Gasteiger partial charge is 0.407 e. The highest BCUT2D eigenvalue weighted by Gasteiger charge is 2.49. The number of nitrogens with one attached hydrogen (secondary N) is 1. The summed E-state index contributed by atoms with van der Waals surface area (Å²) in [5.41, 5.74) is 3.59. The molecule has 5 rings (SSSR count). The van der Waals surface area contributed by atoms with Gasteiger partial charge >= 0.3 is 12.1 Å². The SMILES string of the molecule is C[C@H]1CN(C(=O)C(CC2CC2)NC(=O)OCC2c3ccccc3-c3ccccc32)C[C@]1(C)C(=O)O. The van der Waals surface area contributed by atoms with Gasteiger partial charge in [0.25, 0.3) is 0 Å². The van der Waals surface area contributed by atoms with Crippen molar-refractivity contribution < 1.29 is 24.2 Å². The molecule has 0 spiro atoms. The average molecular weight is 477 g/mol. The Labute approximate surface area is 205 Å². The number of ether oxygens (including phenoxy) is 1. The highest BCUT2D eigenvalue weighted by molar-refractivity contribution is 5.87. The van der Waals surface area contributed by atoms with Gasteiger partial charge in [0.2, 0.25) is 5.91 Å². The van der Waals surface area contributed by atoms with Gasteiger partial charge in [0, 0.05) is 19.0 Å². The molecule has 3 atom stereocenters. The van der Waals surface area contributed by atoms with E-state index in [2.05, 4.69) is 29.6 Å². The van der Waals surface area contributed by atoms with Crippen LogP contribution in [0, 0.1) is 17.3 Å². The number of nitrogens with zero attached hydrogens (tertiary/aromatic N) is 1. The molecule has 1 saturated carbocycles. The predicted molar refractivity (Wildman–Crippen MR) is 131 cm³/mol. The molecule has 184 valence electrons. The van der Waals surface area contributed by atoms with E-state index < -0.39 is 23.5 Å². The van der Waals surface area contributed by atoms with E-state index in [4.69, 9.17) is 4.74 Å². The van der Waals surface area contributed by atoms with Crippen molar-refractivity contribution in [3.63, 3.8) is 0 Å². The van der Waals surface area contributed by atoms with Crippen LogP contribution in [0.15, 0.2) is 48.5 Å². The van der Waals surface area contributed by atoms with E-state index in [0.29, 0.717) is 18.9 Å². The zero-order chi connectivity index (χ0) is 24.7. The van der Waals surface area contributed by atoms with E-state index >= 15 is 0 Å². The Morgan fingerprint density at radius 1 is 1.09 bits per heavy atom. The van der Waals surface area contributed by atoms with Gasteiger partial charge in [-0.15, -0.1) is 0 Å². The van der Waals surface area contributed by atoms with E-state index in [1.54, 1.807) is 11.8 Å². The van der Waals surface area contributed by atoms with E-state index in [1.165, 1.54) is 0 Å². The largest absolute Gasteiger partial charge is 0.481 e. The summed E-state index contributed by atoms with van der Waals surface area (Å²) in [5.74, 6) is -0.934. The van der Waals surface area contributed by atoms with Crippen molar-refractivity contribution >= 4 is 18.0 Å². The summed E-state index contributed by atoms with van der Waals surface area (Å²) < 4.78 is 5.67. The molecule has 0 bridgehead atoms. The third-order valence-electron chi connectivity index (χ3n) is 8.10. The molecule has 1 aliphatic heterocycles. The maximum absolute atomic E-state index is 13.4. The topological polar surface area (TPSA) is 95.9 Å². The zero-order valence-electron chi connectivity index (χ0n) is 20.2. The molecule has 2 amide bonds. The number of carboxylic acids is 1. The Morgan fingerprint density at radius 3 is 2.23 bits per heavy atom. The third-order valence-corrected chi connectivity index (χ3v) is 8.10. The van der Waals surface area contributed by atoms with Crippen LogP contribution in [-0.2, 0) is 14.3 Å². The number of hydrogen-bond donors (Lipinski definition) is 2. The van der Waals surface area contributed by atoms with Gasteiger partial charge in [0.05, 0.1) is 5.41 Å². The van der Waals surface area contributed by atoms with Crippen LogP contribution in [-0.4, -0.2) is 53.7 Å². The maximum atomic E-state index is 13.4. The second-order valence-electron chi connectivity index (χ2n) is 10.5. The maximum Gasteiger partial charge on any atom is 0.407 e. The van der Waals surface area contributed by atoms with Crippen LogP contribution in [0.3, 0.4) is 0 Å². The minimum Gasteiger partial charge on any atom is -0.481 e. The molecule has 2 N–H and O–H groups in total. The van der Waals surface area contributed by atoms with Crippen LogP contribution in [0.1, 0.15) is 50.2 Å². The van der Waals surface area contributed by atoms with Crippen molar-refractivity contribution in [1.82, 2.24) is 10.2 Å². The molecule has 2 aromatic carbocycles. The van der Waals surface area contributed by atoms with Gasteiger partial charge in [-0.2, -0.15) is 0 Å². The number of amides is 2. The lowest BCUT2D eigenvalue weighted by atomic mass is 9.81. The number of carbonyl (C=O) groups excluding carboxylic acids is 2. The van der Waals surface area contributed by atoms with Gasteiger partial charge in [0.15, 0.2) is 0 Å². The molecule has 2 aliphatic carbocycles. The van der Waals surface area contributed by atoms with Crippen LogP contribution in [0.5, 0.6) is 0 Å².